The Bertz CT molecular complexity index is 874. The van der Waals surface area contributed by atoms with Crippen molar-refractivity contribution in [3.05, 3.63) is 53.4 Å². The Morgan fingerprint density at radius 3 is 2.79 bits per heavy atom. The van der Waals surface area contributed by atoms with Crippen LogP contribution in [-0.2, 0) is 4.79 Å². The van der Waals surface area contributed by atoms with Gasteiger partial charge in [0.1, 0.15) is 17.2 Å². The van der Waals surface area contributed by atoms with Crippen LogP contribution in [0, 0.1) is 11.3 Å². The number of benzene rings is 1. The summed E-state index contributed by atoms with van der Waals surface area (Å²) in [5.74, 6) is 0.596. The molecular weight excluding hydrogens is 306 g/mol. The SMILES string of the molecule is CCCN1C(=O)N/C(=C/c2ccc(-c3ccccc3C#N)o2)C1=O. The van der Waals surface area contributed by atoms with E-state index in [9.17, 15) is 9.59 Å². The minimum atomic E-state index is -0.422. The van der Waals surface area contributed by atoms with Crippen molar-refractivity contribution in [2.75, 3.05) is 6.54 Å². The first-order chi connectivity index (χ1) is 11.6. The van der Waals surface area contributed by atoms with Crippen LogP contribution >= 0.6 is 0 Å². The Labute approximate surface area is 139 Å². The third kappa shape index (κ3) is 2.79. The van der Waals surface area contributed by atoms with Crippen LogP contribution < -0.4 is 5.32 Å². The monoisotopic (exact) mass is 321 g/mol. The van der Waals surface area contributed by atoms with Gasteiger partial charge in [0.05, 0.1) is 11.6 Å². The third-order valence-electron chi connectivity index (χ3n) is 3.64. The average Bonchev–Trinajstić information content (AvgIpc) is 3.15. The highest BCUT2D eigenvalue weighted by molar-refractivity contribution is 6.13. The number of carbonyl (C=O) groups is 2. The summed E-state index contributed by atoms with van der Waals surface area (Å²) in [4.78, 5) is 25.1. The van der Waals surface area contributed by atoms with Crippen LogP contribution in [0.2, 0.25) is 0 Å². The molecule has 6 heteroatoms. The highest BCUT2D eigenvalue weighted by Gasteiger charge is 2.32. The number of hydrogen-bond donors (Lipinski definition) is 1. The molecule has 0 saturated carbocycles. The molecule has 1 aliphatic rings. The second-order valence-electron chi connectivity index (χ2n) is 5.30. The van der Waals surface area contributed by atoms with E-state index in [2.05, 4.69) is 11.4 Å². The van der Waals surface area contributed by atoms with Crippen molar-refractivity contribution in [2.45, 2.75) is 13.3 Å². The van der Waals surface area contributed by atoms with E-state index in [1.54, 1.807) is 30.3 Å². The second-order valence-corrected chi connectivity index (χ2v) is 5.30. The van der Waals surface area contributed by atoms with E-state index in [4.69, 9.17) is 9.68 Å². The lowest BCUT2D eigenvalue weighted by Gasteiger charge is -2.08. The number of nitrogens with one attached hydrogen (secondary N) is 1. The van der Waals surface area contributed by atoms with Gasteiger partial charge in [-0.3, -0.25) is 9.69 Å². The minimum absolute atomic E-state index is 0.183. The summed E-state index contributed by atoms with van der Waals surface area (Å²) in [7, 11) is 0. The fraction of sp³-hybridized carbons (Fsp3) is 0.167. The number of furan rings is 1. The maximum Gasteiger partial charge on any atom is 0.329 e. The molecule has 1 aromatic carbocycles. The Kier molecular flexibility index (Phi) is 4.17. The molecule has 0 unspecified atom stereocenters. The number of urea groups is 1. The van der Waals surface area contributed by atoms with E-state index in [0.717, 1.165) is 0 Å². The summed E-state index contributed by atoms with van der Waals surface area (Å²) >= 11 is 0. The average molecular weight is 321 g/mol. The van der Waals surface area contributed by atoms with Crippen LogP contribution in [0.3, 0.4) is 0 Å². The van der Waals surface area contributed by atoms with Gasteiger partial charge in [-0.05, 0) is 30.7 Å². The van der Waals surface area contributed by atoms with Crippen molar-refractivity contribution in [3.8, 4) is 17.4 Å². The lowest BCUT2D eigenvalue weighted by atomic mass is 10.1. The largest absolute Gasteiger partial charge is 0.457 e. The van der Waals surface area contributed by atoms with Gasteiger partial charge < -0.3 is 9.73 Å². The highest BCUT2D eigenvalue weighted by Crippen LogP contribution is 2.26. The van der Waals surface area contributed by atoms with Gasteiger partial charge in [0.2, 0.25) is 0 Å². The first-order valence-corrected chi connectivity index (χ1v) is 7.58. The number of carbonyl (C=O) groups excluding carboxylic acids is 2. The number of imide groups is 1. The molecule has 0 aliphatic carbocycles. The van der Waals surface area contributed by atoms with Crippen LogP contribution in [0.4, 0.5) is 4.79 Å². The molecule has 0 atom stereocenters. The van der Waals surface area contributed by atoms with Gasteiger partial charge >= 0.3 is 6.03 Å². The van der Waals surface area contributed by atoms with Gasteiger partial charge in [0.25, 0.3) is 5.91 Å². The smallest absolute Gasteiger partial charge is 0.329 e. The van der Waals surface area contributed by atoms with E-state index < -0.39 is 6.03 Å². The van der Waals surface area contributed by atoms with Crippen molar-refractivity contribution < 1.29 is 14.0 Å². The lowest BCUT2D eigenvalue weighted by Crippen LogP contribution is -2.31. The van der Waals surface area contributed by atoms with Gasteiger partial charge in [0, 0.05) is 18.2 Å². The van der Waals surface area contributed by atoms with Gasteiger partial charge in [-0.1, -0.05) is 19.1 Å². The van der Waals surface area contributed by atoms with Gasteiger partial charge in [0.15, 0.2) is 0 Å². The van der Waals surface area contributed by atoms with Crippen LogP contribution in [0.15, 0.2) is 46.5 Å². The topological polar surface area (TPSA) is 86.3 Å². The molecule has 2 aromatic rings. The van der Waals surface area contributed by atoms with Crippen LogP contribution in [0.5, 0.6) is 0 Å². The van der Waals surface area contributed by atoms with Crippen molar-refractivity contribution in [2.24, 2.45) is 0 Å². The lowest BCUT2D eigenvalue weighted by molar-refractivity contribution is -0.122. The molecule has 0 bridgehead atoms. The fourth-order valence-electron chi connectivity index (χ4n) is 2.51. The van der Waals surface area contributed by atoms with Gasteiger partial charge in [-0.15, -0.1) is 0 Å². The molecule has 1 N–H and O–H groups in total. The molecule has 1 fully saturated rings. The molecule has 1 aliphatic heterocycles. The van der Waals surface area contributed by atoms with E-state index in [1.807, 2.05) is 13.0 Å². The van der Waals surface area contributed by atoms with Crippen LogP contribution in [0.1, 0.15) is 24.7 Å². The molecule has 120 valence electrons. The second kappa shape index (κ2) is 6.42. The number of amides is 3. The zero-order valence-corrected chi connectivity index (χ0v) is 13.1. The normalized spacial score (nSPS) is 15.7. The number of hydrogen-bond acceptors (Lipinski definition) is 4. The molecule has 1 saturated heterocycles. The third-order valence-corrected chi connectivity index (χ3v) is 3.64. The van der Waals surface area contributed by atoms with E-state index in [-0.39, 0.29) is 11.6 Å². The van der Waals surface area contributed by atoms with Crippen LogP contribution in [-0.4, -0.2) is 23.4 Å². The Balaban J connectivity index is 1.88. The summed E-state index contributed by atoms with van der Waals surface area (Å²) in [6, 6.07) is 12.2. The fourth-order valence-corrected chi connectivity index (χ4v) is 2.51. The van der Waals surface area contributed by atoms with Crippen molar-refractivity contribution in [1.82, 2.24) is 10.2 Å². The Morgan fingerprint density at radius 1 is 1.25 bits per heavy atom. The molecule has 6 nitrogen and oxygen atoms in total. The molecule has 3 rings (SSSR count). The molecule has 0 spiro atoms. The summed E-state index contributed by atoms with van der Waals surface area (Å²) in [5, 5.41) is 11.7. The molecule has 0 radical (unpaired) electrons. The summed E-state index contributed by atoms with van der Waals surface area (Å²) < 4.78 is 5.70. The zero-order chi connectivity index (χ0) is 17.1. The van der Waals surface area contributed by atoms with Gasteiger partial charge in [-0.25, -0.2) is 4.79 Å². The van der Waals surface area contributed by atoms with Crippen LogP contribution in [0.25, 0.3) is 17.4 Å². The van der Waals surface area contributed by atoms with E-state index in [1.165, 1.54) is 11.0 Å². The molecule has 3 amide bonds. The number of nitriles is 1. The Morgan fingerprint density at radius 2 is 2.04 bits per heavy atom. The standard InChI is InChI=1S/C18H15N3O3/c1-2-9-21-17(22)15(20-18(21)23)10-13-7-8-16(24-13)14-6-4-3-5-12(14)11-19/h3-8,10H,2,9H2,1H3,(H,20,23)/b15-10+. The van der Waals surface area contributed by atoms with Crippen molar-refractivity contribution in [3.63, 3.8) is 0 Å². The van der Waals surface area contributed by atoms with Crippen molar-refractivity contribution in [1.29, 1.82) is 5.26 Å². The summed E-state index contributed by atoms with van der Waals surface area (Å²) in [6.45, 7) is 2.27. The molecule has 24 heavy (non-hydrogen) atoms. The van der Waals surface area contributed by atoms with Gasteiger partial charge in [-0.2, -0.15) is 5.26 Å². The zero-order valence-electron chi connectivity index (χ0n) is 13.1. The van der Waals surface area contributed by atoms with E-state index in [0.29, 0.717) is 35.6 Å². The number of rotatable bonds is 4. The predicted molar refractivity (Wildman–Crippen MR) is 87.4 cm³/mol. The Hall–Kier alpha value is -3.33. The number of nitrogens with zero attached hydrogens (tertiary/aromatic N) is 2. The molecular formula is C18H15N3O3. The van der Waals surface area contributed by atoms with E-state index >= 15 is 0 Å². The minimum Gasteiger partial charge on any atom is -0.457 e. The summed E-state index contributed by atoms with van der Waals surface area (Å²) in [6.07, 6.45) is 2.19. The first-order valence-electron chi connectivity index (χ1n) is 7.58. The first kappa shape index (κ1) is 15.6. The predicted octanol–water partition coefficient (Wildman–Crippen LogP) is 3.12. The maximum atomic E-state index is 12.2. The summed E-state index contributed by atoms with van der Waals surface area (Å²) in [5.41, 5.74) is 1.37. The van der Waals surface area contributed by atoms with Crippen molar-refractivity contribution >= 4 is 18.0 Å². The molecule has 1 aromatic heterocycles. The highest BCUT2D eigenvalue weighted by atomic mass is 16.3. The maximum absolute atomic E-state index is 12.2. The molecule has 2 heterocycles. The quantitative estimate of drug-likeness (QED) is 0.692.